The standard InChI is InChI=1S/C11H14N2O2/c1-7(14)13-5-8-9(6-13)11(15-2)4-3-10(8)12/h3-4H,5-6,12H2,1-2H3. The first kappa shape index (κ1) is 9.83. The molecule has 0 fully saturated rings. The molecule has 1 amide bonds. The number of rotatable bonds is 1. The fourth-order valence-corrected chi connectivity index (χ4v) is 1.90. The molecule has 2 N–H and O–H groups in total. The van der Waals surface area contributed by atoms with Gasteiger partial charge in [-0.05, 0) is 12.1 Å². The number of fused-ring (bicyclic) bond motifs is 1. The van der Waals surface area contributed by atoms with E-state index >= 15 is 0 Å². The molecule has 0 atom stereocenters. The Kier molecular flexibility index (Phi) is 2.26. The van der Waals surface area contributed by atoms with Gasteiger partial charge in [0.1, 0.15) is 5.75 Å². The summed E-state index contributed by atoms with van der Waals surface area (Å²) in [5, 5.41) is 0. The van der Waals surface area contributed by atoms with Gasteiger partial charge in [-0.2, -0.15) is 0 Å². The number of hydrogen-bond donors (Lipinski definition) is 1. The van der Waals surface area contributed by atoms with E-state index in [2.05, 4.69) is 0 Å². The van der Waals surface area contributed by atoms with E-state index in [1.54, 1.807) is 18.9 Å². The molecule has 1 aromatic rings. The lowest BCUT2D eigenvalue weighted by Crippen LogP contribution is -2.21. The van der Waals surface area contributed by atoms with Gasteiger partial charge in [0.25, 0.3) is 0 Å². The summed E-state index contributed by atoms with van der Waals surface area (Å²) in [4.78, 5) is 13.0. The first-order valence-electron chi connectivity index (χ1n) is 4.83. The van der Waals surface area contributed by atoms with E-state index in [9.17, 15) is 4.79 Å². The van der Waals surface area contributed by atoms with Crippen LogP contribution in [0.3, 0.4) is 0 Å². The maximum Gasteiger partial charge on any atom is 0.220 e. The summed E-state index contributed by atoms with van der Waals surface area (Å²) in [5.74, 6) is 0.871. The third kappa shape index (κ3) is 1.52. The van der Waals surface area contributed by atoms with Crippen molar-refractivity contribution in [2.45, 2.75) is 20.0 Å². The summed E-state index contributed by atoms with van der Waals surface area (Å²) >= 11 is 0. The molecule has 0 unspecified atom stereocenters. The van der Waals surface area contributed by atoms with Crippen molar-refractivity contribution in [2.24, 2.45) is 0 Å². The molecule has 0 radical (unpaired) electrons. The smallest absolute Gasteiger partial charge is 0.220 e. The van der Waals surface area contributed by atoms with Crippen molar-refractivity contribution in [1.82, 2.24) is 4.90 Å². The zero-order valence-corrected chi connectivity index (χ0v) is 8.91. The number of methoxy groups -OCH3 is 1. The highest BCUT2D eigenvalue weighted by atomic mass is 16.5. The number of hydrogen-bond acceptors (Lipinski definition) is 3. The van der Waals surface area contributed by atoms with E-state index < -0.39 is 0 Å². The number of amides is 1. The third-order valence-corrected chi connectivity index (χ3v) is 2.79. The van der Waals surface area contributed by atoms with Gasteiger partial charge in [-0.25, -0.2) is 0 Å². The normalized spacial score (nSPS) is 13.9. The van der Waals surface area contributed by atoms with E-state index in [0.29, 0.717) is 13.1 Å². The molecule has 1 heterocycles. The lowest BCUT2D eigenvalue weighted by molar-refractivity contribution is -0.129. The zero-order chi connectivity index (χ0) is 11.0. The van der Waals surface area contributed by atoms with E-state index in [0.717, 1.165) is 22.6 Å². The highest BCUT2D eigenvalue weighted by Gasteiger charge is 2.25. The second-order valence-electron chi connectivity index (χ2n) is 3.69. The number of nitrogens with zero attached hydrogens (tertiary/aromatic N) is 1. The third-order valence-electron chi connectivity index (χ3n) is 2.79. The molecule has 1 aliphatic rings. The van der Waals surface area contributed by atoms with Crippen molar-refractivity contribution in [3.63, 3.8) is 0 Å². The molecular weight excluding hydrogens is 192 g/mol. The van der Waals surface area contributed by atoms with Crippen LogP contribution in [0.5, 0.6) is 5.75 Å². The first-order valence-corrected chi connectivity index (χ1v) is 4.83. The number of anilines is 1. The molecule has 80 valence electrons. The van der Waals surface area contributed by atoms with Crippen LogP contribution in [0.25, 0.3) is 0 Å². The van der Waals surface area contributed by atoms with Crippen LogP contribution in [0.1, 0.15) is 18.1 Å². The molecule has 15 heavy (non-hydrogen) atoms. The molecule has 1 aliphatic heterocycles. The number of nitrogen functional groups attached to an aromatic ring is 1. The summed E-state index contributed by atoms with van der Waals surface area (Å²) in [5.41, 5.74) is 8.65. The van der Waals surface area contributed by atoms with Crippen LogP contribution in [0, 0.1) is 0 Å². The SMILES string of the molecule is COc1ccc(N)c2c1CN(C(C)=O)C2. The minimum absolute atomic E-state index is 0.0626. The Balaban J connectivity index is 2.43. The second-order valence-corrected chi connectivity index (χ2v) is 3.69. The first-order chi connectivity index (χ1) is 7.13. The number of nitrogens with two attached hydrogens (primary N) is 1. The summed E-state index contributed by atoms with van der Waals surface area (Å²) in [6, 6.07) is 3.67. The maximum atomic E-state index is 11.3. The van der Waals surface area contributed by atoms with Gasteiger partial charge in [-0.15, -0.1) is 0 Å². The predicted octanol–water partition coefficient (Wildman–Crippen LogP) is 1.14. The Labute approximate surface area is 88.6 Å². The summed E-state index contributed by atoms with van der Waals surface area (Å²) in [6.45, 7) is 2.75. The Morgan fingerprint density at radius 2 is 2.07 bits per heavy atom. The van der Waals surface area contributed by atoms with Gasteiger partial charge in [0.2, 0.25) is 5.91 Å². The number of carbonyl (C=O) groups is 1. The molecule has 4 nitrogen and oxygen atoms in total. The monoisotopic (exact) mass is 206 g/mol. The Bertz CT molecular complexity index is 415. The fraction of sp³-hybridized carbons (Fsp3) is 0.364. The molecule has 4 heteroatoms. The van der Waals surface area contributed by atoms with Crippen molar-refractivity contribution in [3.05, 3.63) is 23.3 Å². The number of benzene rings is 1. The van der Waals surface area contributed by atoms with Crippen molar-refractivity contribution in [1.29, 1.82) is 0 Å². The van der Waals surface area contributed by atoms with Crippen LogP contribution in [-0.2, 0) is 17.9 Å². The quantitative estimate of drug-likeness (QED) is 0.701. The van der Waals surface area contributed by atoms with Crippen molar-refractivity contribution < 1.29 is 9.53 Å². The minimum atomic E-state index is 0.0626. The van der Waals surface area contributed by atoms with E-state index in [-0.39, 0.29) is 5.91 Å². The highest BCUT2D eigenvalue weighted by molar-refractivity contribution is 5.75. The number of ether oxygens (including phenoxy) is 1. The maximum absolute atomic E-state index is 11.3. The summed E-state index contributed by atoms with van der Waals surface area (Å²) < 4.78 is 5.25. The molecule has 0 aromatic heterocycles. The van der Waals surface area contributed by atoms with Gasteiger partial charge in [-0.3, -0.25) is 4.79 Å². The van der Waals surface area contributed by atoms with Gasteiger partial charge in [-0.1, -0.05) is 0 Å². The van der Waals surface area contributed by atoms with Crippen molar-refractivity contribution in [3.8, 4) is 5.75 Å². The van der Waals surface area contributed by atoms with Crippen LogP contribution < -0.4 is 10.5 Å². The van der Waals surface area contributed by atoms with Gasteiger partial charge < -0.3 is 15.4 Å². The molecule has 0 spiro atoms. The lowest BCUT2D eigenvalue weighted by Gasteiger charge is -2.11. The van der Waals surface area contributed by atoms with Crippen LogP contribution in [0.15, 0.2) is 12.1 Å². The van der Waals surface area contributed by atoms with Crippen molar-refractivity contribution >= 4 is 11.6 Å². The molecule has 0 saturated heterocycles. The molecule has 0 aliphatic carbocycles. The van der Waals surface area contributed by atoms with Crippen LogP contribution in [0.2, 0.25) is 0 Å². The van der Waals surface area contributed by atoms with Crippen LogP contribution >= 0.6 is 0 Å². The van der Waals surface area contributed by atoms with Crippen LogP contribution in [-0.4, -0.2) is 17.9 Å². The summed E-state index contributed by atoms with van der Waals surface area (Å²) in [6.07, 6.45) is 0. The molecule has 0 saturated carbocycles. The van der Waals surface area contributed by atoms with Gasteiger partial charge in [0, 0.05) is 30.3 Å². The molecule has 1 aromatic carbocycles. The van der Waals surface area contributed by atoms with E-state index in [4.69, 9.17) is 10.5 Å². The summed E-state index contributed by atoms with van der Waals surface area (Å²) in [7, 11) is 1.63. The van der Waals surface area contributed by atoms with E-state index in [1.165, 1.54) is 0 Å². The topological polar surface area (TPSA) is 55.6 Å². The Hall–Kier alpha value is -1.71. The van der Waals surface area contributed by atoms with Gasteiger partial charge in [0.15, 0.2) is 0 Å². The zero-order valence-electron chi connectivity index (χ0n) is 8.91. The van der Waals surface area contributed by atoms with Crippen LogP contribution in [0.4, 0.5) is 5.69 Å². The minimum Gasteiger partial charge on any atom is -0.496 e. The molecule has 0 bridgehead atoms. The molecule has 2 rings (SSSR count). The highest BCUT2D eigenvalue weighted by Crippen LogP contribution is 2.34. The fourth-order valence-electron chi connectivity index (χ4n) is 1.90. The largest absolute Gasteiger partial charge is 0.496 e. The van der Waals surface area contributed by atoms with Crippen molar-refractivity contribution in [2.75, 3.05) is 12.8 Å². The van der Waals surface area contributed by atoms with E-state index in [1.807, 2.05) is 12.1 Å². The molecular formula is C11H14N2O2. The lowest BCUT2D eigenvalue weighted by atomic mass is 10.1. The predicted molar refractivity (Wildman–Crippen MR) is 57.3 cm³/mol. The second kappa shape index (κ2) is 3.46. The number of carbonyl (C=O) groups excluding carboxylic acids is 1. The Morgan fingerprint density at radius 3 is 2.67 bits per heavy atom. The average Bonchev–Trinajstić information content (AvgIpc) is 2.64. The Morgan fingerprint density at radius 1 is 1.40 bits per heavy atom. The van der Waals surface area contributed by atoms with Gasteiger partial charge >= 0.3 is 0 Å². The average molecular weight is 206 g/mol. The van der Waals surface area contributed by atoms with Gasteiger partial charge in [0.05, 0.1) is 13.7 Å².